The number of benzene rings is 1. The van der Waals surface area contributed by atoms with Gasteiger partial charge in [0.05, 0.1) is 19.3 Å². The first-order chi connectivity index (χ1) is 9.76. The van der Waals surface area contributed by atoms with Gasteiger partial charge in [-0.05, 0) is 31.5 Å². The highest BCUT2D eigenvalue weighted by Gasteiger charge is 2.26. The van der Waals surface area contributed by atoms with Gasteiger partial charge in [0, 0.05) is 24.8 Å². The Kier molecular flexibility index (Phi) is 5.83. The Hall–Kier alpha value is -1.10. The Bertz CT molecular complexity index is 411. The molecule has 0 bridgehead atoms. The van der Waals surface area contributed by atoms with Crippen molar-refractivity contribution in [2.75, 3.05) is 31.2 Å². The average Bonchev–Trinajstić information content (AvgIpc) is 2.49. The zero-order valence-corrected chi connectivity index (χ0v) is 12.5. The largest absolute Gasteiger partial charge is 0.394 e. The minimum atomic E-state index is -0.0807. The maximum absolute atomic E-state index is 9.32. The minimum Gasteiger partial charge on any atom is -0.394 e. The first-order valence-electron chi connectivity index (χ1n) is 7.54. The summed E-state index contributed by atoms with van der Waals surface area (Å²) in [6.45, 7) is 7.77. The van der Waals surface area contributed by atoms with Crippen molar-refractivity contribution in [1.29, 1.82) is 0 Å². The first-order valence-corrected chi connectivity index (χ1v) is 7.54. The number of para-hydroxylation sites is 1. The molecule has 0 aromatic heterocycles. The summed E-state index contributed by atoms with van der Waals surface area (Å²) in [6.07, 6.45) is 1.06. The van der Waals surface area contributed by atoms with E-state index in [0.717, 1.165) is 26.1 Å². The fourth-order valence-electron chi connectivity index (χ4n) is 2.60. The third kappa shape index (κ3) is 3.72. The van der Waals surface area contributed by atoms with Gasteiger partial charge in [0.15, 0.2) is 0 Å². The number of rotatable bonds is 6. The number of morpholine rings is 1. The van der Waals surface area contributed by atoms with Crippen LogP contribution in [-0.4, -0.2) is 43.6 Å². The maximum Gasteiger partial charge on any atom is 0.0981 e. The van der Waals surface area contributed by atoms with E-state index in [2.05, 4.69) is 48.3 Å². The standard InChI is InChI=1S/C16H26N2O2/c1-3-8-17-9-14-6-4-5-7-16(14)18-10-15(11-19)20-12-13(18)2/h4-7,13,15,17,19H,3,8-12H2,1-2H3. The Balaban J connectivity index is 2.13. The quantitative estimate of drug-likeness (QED) is 0.779. The molecule has 1 aromatic carbocycles. The van der Waals surface area contributed by atoms with E-state index in [1.807, 2.05) is 0 Å². The molecule has 1 saturated heterocycles. The van der Waals surface area contributed by atoms with Crippen LogP contribution in [0.5, 0.6) is 0 Å². The molecule has 0 amide bonds. The summed E-state index contributed by atoms with van der Waals surface area (Å²) in [4.78, 5) is 2.35. The normalized spacial score (nSPS) is 23.1. The van der Waals surface area contributed by atoms with Gasteiger partial charge < -0.3 is 20.1 Å². The second-order valence-corrected chi connectivity index (χ2v) is 5.44. The molecule has 0 radical (unpaired) electrons. The predicted molar refractivity (Wildman–Crippen MR) is 82.1 cm³/mol. The van der Waals surface area contributed by atoms with Gasteiger partial charge in [0.2, 0.25) is 0 Å². The van der Waals surface area contributed by atoms with Crippen LogP contribution >= 0.6 is 0 Å². The summed E-state index contributed by atoms with van der Waals surface area (Å²) in [6, 6.07) is 8.84. The van der Waals surface area contributed by atoms with Crippen molar-refractivity contribution in [2.45, 2.75) is 39.0 Å². The van der Waals surface area contributed by atoms with E-state index < -0.39 is 0 Å². The molecule has 4 nitrogen and oxygen atoms in total. The first kappa shape index (κ1) is 15.3. The lowest BCUT2D eigenvalue weighted by atomic mass is 10.1. The van der Waals surface area contributed by atoms with Crippen LogP contribution in [0.2, 0.25) is 0 Å². The molecule has 0 aliphatic carbocycles. The number of aliphatic hydroxyl groups is 1. The SMILES string of the molecule is CCCNCc1ccccc1N1CC(CO)OCC1C. The van der Waals surface area contributed by atoms with Crippen molar-refractivity contribution in [3.63, 3.8) is 0 Å². The average molecular weight is 278 g/mol. The predicted octanol–water partition coefficient (Wildman–Crippen LogP) is 1.77. The lowest BCUT2D eigenvalue weighted by Crippen LogP contribution is -2.50. The molecule has 2 rings (SSSR count). The Labute approximate surface area is 121 Å². The highest BCUT2D eigenvalue weighted by molar-refractivity contribution is 5.54. The molecule has 1 aromatic rings. The van der Waals surface area contributed by atoms with Gasteiger partial charge in [-0.25, -0.2) is 0 Å². The van der Waals surface area contributed by atoms with Crippen LogP contribution in [0.15, 0.2) is 24.3 Å². The second-order valence-electron chi connectivity index (χ2n) is 5.44. The highest BCUT2D eigenvalue weighted by atomic mass is 16.5. The van der Waals surface area contributed by atoms with Crippen molar-refractivity contribution in [3.8, 4) is 0 Å². The molecule has 0 saturated carbocycles. The summed E-state index contributed by atoms with van der Waals surface area (Å²) in [5.74, 6) is 0. The topological polar surface area (TPSA) is 44.7 Å². The van der Waals surface area contributed by atoms with Crippen LogP contribution < -0.4 is 10.2 Å². The zero-order chi connectivity index (χ0) is 14.4. The zero-order valence-electron chi connectivity index (χ0n) is 12.5. The molecule has 2 atom stereocenters. The minimum absolute atomic E-state index is 0.0807. The highest BCUT2D eigenvalue weighted by Crippen LogP contribution is 2.25. The molecule has 1 aliphatic heterocycles. The molecular formula is C16H26N2O2. The Morgan fingerprint density at radius 3 is 2.95 bits per heavy atom. The summed E-state index contributed by atoms with van der Waals surface area (Å²) in [5.41, 5.74) is 2.57. The number of nitrogens with zero attached hydrogens (tertiary/aromatic N) is 1. The fourth-order valence-corrected chi connectivity index (χ4v) is 2.60. The van der Waals surface area contributed by atoms with Crippen LogP contribution in [0.1, 0.15) is 25.8 Å². The van der Waals surface area contributed by atoms with E-state index in [1.165, 1.54) is 11.3 Å². The van der Waals surface area contributed by atoms with Gasteiger partial charge in [0.1, 0.15) is 0 Å². The van der Waals surface area contributed by atoms with E-state index in [-0.39, 0.29) is 12.7 Å². The van der Waals surface area contributed by atoms with Crippen LogP contribution in [0.4, 0.5) is 5.69 Å². The number of hydrogen-bond acceptors (Lipinski definition) is 4. The Morgan fingerprint density at radius 1 is 1.40 bits per heavy atom. The van der Waals surface area contributed by atoms with E-state index in [9.17, 15) is 5.11 Å². The molecule has 20 heavy (non-hydrogen) atoms. The maximum atomic E-state index is 9.32. The van der Waals surface area contributed by atoms with Gasteiger partial charge in [-0.2, -0.15) is 0 Å². The van der Waals surface area contributed by atoms with Crippen LogP contribution in [0.3, 0.4) is 0 Å². The van der Waals surface area contributed by atoms with Crippen molar-refractivity contribution < 1.29 is 9.84 Å². The van der Waals surface area contributed by atoms with Crippen molar-refractivity contribution in [2.24, 2.45) is 0 Å². The van der Waals surface area contributed by atoms with Crippen molar-refractivity contribution in [1.82, 2.24) is 5.32 Å². The van der Waals surface area contributed by atoms with Crippen LogP contribution in [-0.2, 0) is 11.3 Å². The lowest BCUT2D eigenvalue weighted by Gasteiger charge is -2.40. The van der Waals surface area contributed by atoms with Gasteiger partial charge in [0.25, 0.3) is 0 Å². The van der Waals surface area contributed by atoms with E-state index in [0.29, 0.717) is 12.6 Å². The molecule has 2 unspecified atom stereocenters. The monoisotopic (exact) mass is 278 g/mol. The third-order valence-electron chi connectivity index (χ3n) is 3.75. The number of nitrogens with one attached hydrogen (secondary N) is 1. The number of aliphatic hydroxyl groups excluding tert-OH is 1. The fraction of sp³-hybridized carbons (Fsp3) is 0.625. The summed E-state index contributed by atoms with van der Waals surface area (Å²) < 4.78 is 5.62. The molecule has 1 heterocycles. The van der Waals surface area contributed by atoms with Gasteiger partial charge >= 0.3 is 0 Å². The van der Waals surface area contributed by atoms with E-state index >= 15 is 0 Å². The van der Waals surface area contributed by atoms with E-state index in [1.54, 1.807) is 0 Å². The molecule has 1 fully saturated rings. The van der Waals surface area contributed by atoms with Gasteiger partial charge in [-0.15, -0.1) is 0 Å². The van der Waals surface area contributed by atoms with Gasteiger partial charge in [-0.1, -0.05) is 25.1 Å². The molecule has 0 spiro atoms. The number of hydrogen-bond donors (Lipinski definition) is 2. The van der Waals surface area contributed by atoms with Crippen LogP contribution in [0, 0.1) is 0 Å². The van der Waals surface area contributed by atoms with E-state index in [4.69, 9.17) is 4.74 Å². The molecule has 112 valence electrons. The summed E-state index contributed by atoms with van der Waals surface area (Å²) in [7, 11) is 0. The van der Waals surface area contributed by atoms with Gasteiger partial charge in [-0.3, -0.25) is 0 Å². The smallest absolute Gasteiger partial charge is 0.0981 e. The number of anilines is 1. The van der Waals surface area contributed by atoms with Crippen molar-refractivity contribution in [3.05, 3.63) is 29.8 Å². The molecule has 1 aliphatic rings. The summed E-state index contributed by atoms with van der Waals surface area (Å²) in [5, 5.41) is 12.8. The Morgan fingerprint density at radius 2 is 2.20 bits per heavy atom. The lowest BCUT2D eigenvalue weighted by molar-refractivity contribution is -0.0103. The molecule has 4 heteroatoms. The summed E-state index contributed by atoms with van der Waals surface area (Å²) >= 11 is 0. The second kappa shape index (κ2) is 7.62. The van der Waals surface area contributed by atoms with Crippen molar-refractivity contribution >= 4 is 5.69 Å². The third-order valence-corrected chi connectivity index (χ3v) is 3.75. The molecular weight excluding hydrogens is 252 g/mol. The number of ether oxygens (including phenoxy) is 1. The molecule has 2 N–H and O–H groups in total. The van der Waals surface area contributed by atoms with Crippen LogP contribution in [0.25, 0.3) is 0 Å².